The molecular weight excluding hydrogens is 212 g/mol. The first-order valence-electron chi connectivity index (χ1n) is 5.89. The Hall–Kier alpha value is -1.59. The van der Waals surface area contributed by atoms with Gasteiger partial charge in [-0.25, -0.2) is 0 Å². The Morgan fingerprint density at radius 2 is 2.18 bits per heavy atom. The molecule has 0 amide bonds. The van der Waals surface area contributed by atoms with Crippen LogP contribution in [-0.2, 0) is 4.74 Å². The molecule has 0 radical (unpaired) electrons. The summed E-state index contributed by atoms with van der Waals surface area (Å²) in [6.07, 6.45) is 0.952. The van der Waals surface area contributed by atoms with Crippen molar-refractivity contribution in [3.05, 3.63) is 35.9 Å². The van der Waals surface area contributed by atoms with Gasteiger partial charge in [0.15, 0.2) is 5.78 Å². The second kappa shape index (κ2) is 5.65. The number of ether oxygens (including phenoxy) is 1. The van der Waals surface area contributed by atoms with Gasteiger partial charge >= 0.3 is 0 Å². The maximum Gasteiger partial charge on any atom is 0.166 e. The predicted molar refractivity (Wildman–Crippen MR) is 66.6 cm³/mol. The van der Waals surface area contributed by atoms with Gasteiger partial charge in [0.25, 0.3) is 0 Å². The van der Waals surface area contributed by atoms with E-state index in [9.17, 15) is 4.79 Å². The molecule has 0 aromatic heterocycles. The van der Waals surface area contributed by atoms with Crippen LogP contribution >= 0.6 is 0 Å². The molecule has 2 nitrogen and oxygen atoms in total. The molecule has 0 saturated heterocycles. The fourth-order valence-corrected chi connectivity index (χ4v) is 1.90. The second-order valence-corrected chi connectivity index (χ2v) is 4.27. The lowest BCUT2D eigenvalue weighted by atomic mass is 10.1. The number of ketones is 1. The van der Waals surface area contributed by atoms with Gasteiger partial charge in [-0.3, -0.25) is 4.79 Å². The monoisotopic (exact) mass is 228 g/mol. The van der Waals surface area contributed by atoms with Crippen molar-refractivity contribution < 1.29 is 9.53 Å². The quantitative estimate of drug-likeness (QED) is 0.440. The van der Waals surface area contributed by atoms with Crippen LogP contribution < -0.4 is 0 Å². The molecule has 88 valence electrons. The molecule has 1 fully saturated rings. The van der Waals surface area contributed by atoms with Gasteiger partial charge in [-0.15, -0.1) is 5.92 Å². The van der Waals surface area contributed by atoms with Crippen LogP contribution in [0.5, 0.6) is 0 Å². The summed E-state index contributed by atoms with van der Waals surface area (Å²) in [6, 6.07) is 9.48. The van der Waals surface area contributed by atoms with E-state index in [0.717, 1.165) is 12.0 Å². The Balaban J connectivity index is 1.78. The molecule has 0 bridgehead atoms. The van der Waals surface area contributed by atoms with Crippen LogP contribution in [0.1, 0.15) is 23.7 Å². The third-order valence-corrected chi connectivity index (χ3v) is 3.00. The Bertz CT molecular complexity index is 439. The van der Waals surface area contributed by atoms with Crippen LogP contribution in [0.25, 0.3) is 0 Å². The molecular formula is C15H16O2. The largest absolute Gasteiger partial charge is 0.368 e. The molecule has 1 aliphatic rings. The van der Waals surface area contributed by atoms with Crippen LogP contribution in [0.3, 0.4) is 0 Å². The van der Waals surface area contributed by atoms with Crippen molar-refractivity contribution in [3.63, 3.8) is 0 Å². The first-order valence-corrected chi connectivity index (χ1v) is 5.89. The fourth-order valence-electron chi connectivity index (χ4n) is 1.90. The molecule has 2 heteroatoms. The van der Waals surface area contributed by atoms with Gasteiger partial charge in [-0.2, -0.15) is 0 Å². The summed E-state index contributed by atoms with van der Waals surface area (Å²) < 4.78 is 5.39. The first kappa shape index (κ1) is 11.9. The highest BCUT2D eigenvalue weighted by Crippen LogP contribution is 2.41. The highest BCUT2D eigenvalue weighted by Gasteiger charge is 2.42. The van der Waals surface area contributed by atoms with E-state index in [-0.39, 0.29) is 11.7 Å². The number of hydrogen-bond acceptors (Lipinski definition) is 2. The minimum absolute atomic E-state index is 0.159. The summed E-state index contributed by atoms with van der Waals surface area (Å²) in [4.78, 5) is 12.0. The van der Waals surface area contributed by atoms with Crippen LogP contribution in [0, 0.1) is 23.7 Å². The Morgan fingerprint density at radius 1 is 1.41 bits per heavy atom. The summed E-state index contributed by atoms with van der Waals surface area (Å²) in [7, 11) is 0. The van der Waals surface area contributed by atoms with Crippen molar-refractivity contribution in [2.45, 2.75) is 13.3 Å². The molecule has 0 N–H and O–H groups in total. The van der Waals surface area contributed by atoms with Gasteiger partial charge in [0.1, 0.15) is 6.61 Å². The normalized spacial score (nSPS) is 21.5. The van der Waals surface area contributed by atoms with Gasteiger partial charge in [0.05, 0.1) is 6.61 Å². The lowest BCUT2D eigenvalue weighted by Gasteiger charge is -2.00. The molecule has 17 heavy (non-hydrogen) atoms. The van der Waals surface area contributed by atoms with E-state index in [4.69, 9.17) is 4.74 Å². The zero-order chi connectivity index (χ0) is 12.1. The third-order valence-electron chi connectivity index (χ3n) is 3.00. The molecule has 0 aliphatic heterocycles. The number of carbonyl (C=O) groups excluding carboxylic acids is 1. The third kappa shape index (κ3) is 3.18. The Kier molecular flexibility index (Phi) is 3.95. The van der Waals surface area contributed by atoms with Crippen molar-refractivity contribution in [1.29, 1.82) is 0 Å². The van der Waals surface area contributed by atoms with Gasteiger partial charge < -0.3 is 4.74 Å². The van der Waals surface area contributed by atoms with Crippen LogP contribution in [0.15, 0.2) is 30.3 Å². The Morgan fingerprint density at radius 3 is 2.88 bits per heavy atom. The number of rotatable bonds is 5. The molecule has 1 aromatic rings. The number of carbonyl (C=O) groups is 1. The van der Waals surface area contributed by atoms with Crippen molar-refractivity contribution in [3.8, 4) is 11.8 Å². The summed E-state index contributed by atoms with van der Waals surface area (Å²) in [5.74, 6) is 6.43. The number of hydrogen-bond donors (Lipinski definition) is 0. The first-order chi connectivity index (χ1) is 8.33. The van der Waals surface area contributed by atoms with Gasteiger partial charge in [0, 0.05) is 11.5 Å². The van der Waals surface area contributed by atoms with Gasteiger partial charge in [-0.05, 0) is 19.3 Å². The van der Waals surface area contributed by atoms with E-state index in [0.29, 0.717) is 19.1 Å². The van der Waals surface area contributed by atoms with E-state index in [1.807, 2.05) is 30.3 Å². The SMILES string of the molecule is CC#CCOCC1CC1C(=O)c1ccccc1. The molecule has 1 aliphatic carbocycles. The molecule has 2 rings (SSSR count). The number of Topliss-reactive ketones (excluding diaryl/α,β-unsaturated/α-hetero) is 1. The maximum absolute atomic E-state index is 12.0. The fraction of sp³-hybridized carbons (Fsp3) is 0.400. The van der Waals surface area contributed by atoms with Crippen LogP contribution in [-0.4, -0.2) is 19.0 Å². The summed E-state index contributed by atoms with van der Waals surface area (Å²) >= 11 is 0. The van der Waals surface area contributed by atoms with E-state index in [1.54, 1.807) is 6.92 Å². The zero-order valence-electron chi connectivity index (χ0n) is 9.98. The molecule has 0 spiro atoms. The van der Waals surface area contributed by atoms with Gasteiger partial charge in [0.2, 0.25) is 0 Å². The minimum Gasteiger partial charge on any atom is -0.368 e. The maximum atomic E-state index is 12.0. The summed E-state index contributed by atoms with van der Waals surface area (Å²) in [5, 5.41) is 0. The topological polar surface area (TPSA) is 26.3 Å². The van der Waals surface area contributed by atoms with Crippen molar-refractivity contribution in [1.82, 2.24) is 0 Å². The summed E-state index contributed by atoms with van der Waals surface area (Å²) in [5.41, 5.74) is 0.813. The van der Waals surface area contributed by atoms with Crippen LogP contribution in [0.2, 0.25) is 0 Å². The highest BCUT2D eigenvalue weighted by atomic mass is 16.5. The van der Waals surface area contributed by atoms with Crippen LogP contribution in [0.4, 0.5) is 0 Å². The Labute approximate surface area is 102 Å². The molecule has 2 unspecified atom stereocenters. The lowest BCUT2D eigenvalue weighted by molar-refractivity contribution is 0.0939. The van der Waals surface area contributed by atoms with E-state index in [2.05, 4.69) is 11.8 Å². The molecule has 2 atom stereocenters. The van der Waals surface area contributed by atoms with Crippen molar-refractivity contribution in [2.75, 3.05) is 13.2 Å². The highest BCUT2D eigenvalue weighted by molar-refractivity contribution is 5.99. The lowest BCUT2D eigenvalue weighted by Crippen LogP contribution is -2.06. The average molecular weight is 228 g/mol. The summed E-state index contributed by atoms with van der Waals surface area (Å²) in [6.45, 7) is 2.92. The van der Waals surface area contributed by atoms with Crippen molar-refractivity contribution >= 4 is 5.78 Å². The molecule has 1 saturated carbocycles. The van der Waals surface area contributed by atoms with Gasteiger partial charge in [-0.1, -0.05) is 36.3 Å². The zero-order valence-corrected chi connectivity index (χ0v) is 9.98. The van der Waals surface area contributed by atoms with Crippen molar-refractivity contribution in [2.24, 2.45) is 11.8 Å². The molecule has 1 aromatic carbocycles. The average Bonchev–Trinajstić information content (AvgIpc) is 3.14. The van der Waals surface area contributed by atoms with E-state index < -0.39 is 0 Å². The standard InChI is InChI=1S/C15H16O2/c1-2-3-9-17-11-13-10-14(13)15(16)12-7-5-4-6-8-12/h4-8,13-14H,9-11H2,1H3. The van der Waals surface area contributed by atoms with E-state index >= 15 is 0 Å². The second-order valence-electron chi connectivity index (χ2n) is 4.27. The molecule has 0 heterocycles. The predicted octanol–water partition coefficient (Wildman–Crippen LogP) is 2.55. The van der Waals surface area contributed by atoms with E-state index in [1.165, 1.54) is 0 Å². The minimum atomic E-state index is 0.159. The smallest absolute Gasteiger partial charge is 0.166 e. The number of benzene rings is 1.